The molecule has 0 nitrogen and oxygen atoms in total. The molecule has 102 valence electrons. The van der Waals surface area contributed by atoms with Gasteiger partial charge in [-0.15, -0.1) is 0 Å². The van der Waals surface area contributed by atoms with Crippen molar-refractivity contribution in [2.75, 3.05) is 0 Å². The van der Waals surface area contributed by atoms with Crippen molar-refractivity contribution in [1.29, 1.82) is 0 Å². The van der Waals surface area contributed by atoms with E-state index in [4.69, 9.17) is 0 Å². The third-order valence-electron chi connectivity index (χ3n) is 4.69. The Morgan fingerprint density at radius 2 is 1.00 bits per heavy atom. The van der Waals surface area contributed by atoms with E-state index in [1.165, 1.54) is 66.3 Å². The first-order chi connectivity index (χ1) is 8.50. The summed E-state index contributed by atoms with van der Waals surface area (Å²) >= 11 is 0. The fraction of sp³-hybridized carbons (Fsp3) is 0.667. The molecule has 0 spiro atoms. The van der Waals surface area contributed by atoms with Crippen molar-refractivity contribution in [1.82, 2.24) is 0 Å². The van der Waals surface area contributed by atoms with E-state index in [9.17, 15) is 0 Å². The summed E-state index contributed by atoms with van der Waals surface area (Å²) in [6.45, 7) is 13.7. The molecule has 0 heteroatoms. The van der Waals surface area contributed by atoms with Gasteiger partial charge in [0.25, 0.3) is 0 Å². The Bertz CT molecular complexity index is 370. The van der Waals surface area contributed by atoms with E-state index in [1.54, 1.807) is 5.56 Å². The van der Waals surface area contributed by atoms with Crippen LogP contribution in [0, 0.1) is 34.6 Å². The molecule has 0 aromatic heterocycles. The van der Waals surface area contributed by atoms with Gasteiger partial charge in [-0.1, -0.05) is 32.6 Å². The molecule has 0 unspecified atom stereocenters. The van der Waals surface area contributed by atoms with Crippen molar-refractivity contribution in [2.45, 2.75) is 80.1 Å². The van der Waals surface area contributed by atoms with Gasteiger partial charge in [-0.2, -0.15) is 0 Å². The summed E-state index contributed by atoms with van der Waals surface area (Å²) < 4.78 is 0. The average molecular weight is 246 g/mol. The second kappa shape index (κ2) is 6.97. The molecule has 0 atom stereocenters. The van der Waals surface area contributed by atoms with E-state index in [0.29, 0.717) is 0 Å². The van der Waals surface area contributed by atoms with Gasteiger partial charge in [0, 0.05) is 0 Å². The van der Waals surface area contributed by atoms with Gasteiger partial charge in [-0.3, -0.25) is 0 Å². The van der Waals surface area contributed by atoms with Gasteiger partial charge in [0.05, 0.1) is 0 Å². The zero-order chi connectivity index (χ0) is 13.7. The van der Waals surface area contributed by atoms with Crippen LogP contribution in [0.25, 0.3) is 0 Å². The van der Waals surface area contributed by atoms with Crippen molar-refractivity contribution in [2.24, 2.45) is 0 Å². The number of hydrogen-bond donors (Lipinski definition) is 0. The fourth-order valence-corrected chi connectivity index (χ4v) is 2.86. The third kappa shape index (κ3) is 3.37. The van der Waals surface area contributed by atoms with E-state index in [0.717, 1.165) is 0 Å². The lowest BCUT2D eigenvalue weighted by Crippen LogP contribution is -2.03. The Balaban J connectivity index is 2.77. The molecule has 0 N–H and O–H groups in total. The van der Waals surface area contributed by atoms with Gasteiger partial charge >= 0.3 is 0 Å². The highest BCUT2D eigenvalue weighted by Crippen LogP contribution is 2.27. The number of hydrogen-bond acceptors (Lipinski definition) is 0. The lowest BCUT2D eigenvalue weighted by molar-refractivity contribution is 0.630. The van der Waals surface area contributed by atoms with E-state index in [-0.39, 0.29) is 0 Å². The SMILES string of the molecule is CCCCCCCc1c(C)c(C)c(C)c(C)c1C. The molecule has 0 fully saturated rings. The summed E-state index contributed by atoms with van der Waals surface area (Å²) in [5.41, 5.74) is 9.17. The minimum absolute atomic E-state index is 1.27. The van der Waals surface area contributed by atoms with Crippen molar-refractivity contribution in [3.63, 3.8) is 0 Å². The maximum Gasteiger partial charge on any atom is -0.0273 e. The summed E-state index contributed by atoms with van der Waals surface area (Å²) in [6, 6.07) is 0. The predicted molar refractivity (Wildman–Crippen MR) is 82.6 cm³/mol. The first-order valence-electron chi connectivity index (χ1n) is 7.56. The Kier molecular flexibility index (Phi) is 5.91. The summed E-state index contributed by atoms with van der Waals surface area (Å²) in [6.07, 6.45) is 8.13. The summed E-state index contributed by atoms with van der Waals surface area (Å²) in [5, 5.41) is 0. The third-order valence-corrected chi connectivity index (χ3v) is 4.69. The minimum atomic E-state index is 1.27. The molecule has 0 amide bonds. The van der Waals surface area contributed by atoms with E-state index < -0.39 is 0 Å². The van der Waals surface area contributed by atoms with E-state index in [1.807, 2.05) is 0 Å². The Hall–Kier alpha value is -0.780. The van der Waals surface area contributed by atoms with Gasteiger partial charge in [0.2, 0.25) is 0 Å². The second-order valence-corrected chi connectivity index (χ2v) is 5.77. The lowest BCUT2D eigenvalue weighted by Gasteiger charge is -2.18. The molecule has 1 aromatic rings. The molecule has 0 aliphatic heterocycles. The molecule has 0 radical (unpaired) electrons. The predicted octanol–water partition coefficient (Wildman–Crippen LogP) is 5.74. The standard InChI is InChI=1S/C18H30/c1-7-8-9-10-11-12-18-16(5)14(3)13(2)15(4)17(18)6/h7-12H2,1-6H3. The van der Waals surface area contributed by atoms with Crippen LogP contribution in [0.2, 0.25) is 0 Å². The van der Waals surface area contributed by atoms with Crippen LogP contribution in [-0.4, -0.2) is 0 Å². The molecule has 0 aliphatic carbocycles. The zero-order valence-electron chi connectivity index (χ0n) is 13.2. The molecule has 18 heavy (non-hydrogen) atoms. The molecule has 0 heterocycles. The van der Waals surface area contributed by atoms with Crippen molar-refractivity contribution < 1.29 is 0 Å². The fourth-order valence-electron chi connectivity index (χ4n) is 2.86. The monoisotopic (exact) mass is 246 g/mol. The molecule has 0 saturated carbocycles. The molecule has 0 saturated heterocycles. The van der Waals surface area contributed by atoms with Crippen molar-refractivity contribution in [3.05, 3.63) is 33.4 Å². The highest BCUT2D eigenvalue weighted by Gasteiger charge is 2.11. The zero-order valence-corrected chi connectivity index (χ0v) is 13.2. The Labute approximate surface area is 114 Å². The first-order valence-corrected chi connectivity index (χ1v) is 7.56. The van der Waals surface area contributed by atoms with Crippen LogP contribution >= 0.6 is 0 Å². The molecule has 0 bridgehead atoms. The summed E-state index contributed by atoms with van der Waals surface area (Å²) in [7, 11) is 0. The quantitative estimate of drug-likeness (QED) is 0.561. The maximum atomic E-state index is 2.30. The van der Waals surface area contributed by atoms with Crippen LogP contribution in [-0.2, 0) is 6.42 Å². The topological polar surface area (TPSA) is 0 Å². The summed E-state index contributed by atoms with van der Waals surface area (Å²) in [5.74, 6) is 0. The van der Waals surface area contributed by atoms with Crippen LogP contribution in [0.5, 0.6) is 0 Å². The highest BCUT2D eigenvalue weighted by atomic mass is 14.2. The van der Waals surface area contributed by atoms with Gasteiger partial charge in [0.1, 0.15) is 0 Å². The molecular weight excluding hydrogens is 216 g/mol. The number of rotatable bonds is 6. The Morgan fingerprint density at radius 3 is 1.50 bits per heavy atom. The highest BCUT2D eigenvalue weighted by molar-refractivity contribution is 5.49. The van der Waals surface area contributed by atoms with Crippen LogP contribution in [0.3, 0.4) is 0 Å². The molecule has 1 aromatic carbocycles. The molecule has 1 rings (SSSR count). The first kappa shape index (κ1) is 15.3. The van der Waals surface area contributed by atoms with E-state index in [2.05, 4.69) is 41.5 Å². The van der Waals surface area contributed by atoms with Crippen molar-refractivity contribution in [3.8, 4) is 0 Å². The molecule has 0 aliphatic rings. The summed E-state index contributed by atoms with van der Waals surface area (Å²) in [4.78, 5) is 0. The largest absolute Gasteiger partial charge is 0.0654 e. The van der Waals surface area contributed by atoms with Crippen LogP contribution in [0.15, 0.2) is 0 Å². The average Bonchev–Trinajstić information content (AvgIpc) is 2.37. The van der Waals surface area contributed by atoms with Crippen LogP contribution < -0.4 is 0 Å². The normalized spacial score (nSPS) is 11.0. The Morgan fingerprint density at radius 1 is 0.556 bits per heavy atom. The van der Waals surface area contributed by atoms with Crippen LogP contribution in [0.1, 0.15) is 72.4 Å². The maximum absolute atomic E-state index is 2.30. The lowest BCUT2D eigenvalue weighted by atomic mass is 9.87. The van der Waals surface area contributed by atoms with Gasteiger partial charge in [0.15, 0.2) is 0 Å². The van der Waals surface area contributed by atoms with Gasteiger partial charge in [-0.05, 0) is 80.8 Å². The van der Waals surface area contributed by atoms with Gasteiger partial charge < -0.3 is 0 Å². The smallest absolute Gasteiger partial charge is 0.0273 e. The second-order valence-electron chi connectivity index (χ2n) is 5.77. The number of benzene rings is 1. The molecular formula is C18H30. The number of unbranched alkanes of at least 4 members (excludes halogenated alkanes) is 4. The van der Waals surface area contributed by atoms with Crippen molar-refractivity contribution >= 4 is 0 Å². The van der Waals surface area contributed by atoms with Crippen LogP contribution in [0.4, 0.5) is 0 Å². The van der Waals surface area contributed by atoms with Gasteiger partial charge in [-0.25, -0.2) is 0 Å². The minimum Gasteiger partial charge on any atom is -0.0654 e. The van der Waals surface area contributed by atoms with E-state index >= 15 is 0 Å².